The number of sulfonamides is 1. The Balaban J connectivity index is 1.58. The highest BCUT2D eigenvalue weighted by Gasteiger charge is 2.41. The zero-order chi connectivity index (χ0) is 19.9. The van der Waals surface area contributed by atoms with E-state index < -0.39 is 15.6 Å². The topological polar surface area (TPSA) is 75.3 Å². The number of amides is 1. The van der Waals surface area contributed by atoms with Gasteiger partial charge in [0, 0.05) is 27.7 Å². The minimum absolute atomic E-state index is 0.0468. The molecule has 4 rings (SSSR count). The molecule has 0 bridgehead atoms. The van der Waals surface area contributed by atoms with Gasteiger partial charge < -0.3 is 5.32 Å². The van der Waals surface area contributed by atoms with Crippen LogP contribution in [0.5, 0.6) is 0 Å². The van der Waals surface area contributed by atoms with Crippen molar-refractivity contribution in [2.45, 2.75) is 49.0 Å². The van der Waals surface area contributed by atoms with Crippen LogP contribution >= 0.6 is 23.2 Å². The summed E-state index contributed by atoms with van der Waals surface area (Å²) in [5.41, 5.74) is 1.86. The van der Waals surface area contributed by atoms with E-state index in [1.165, 1.54) is 6.07 Å². The third-order valence-corrected chi connectivity index (χ3v) is 7.65. The summed E-state index contributed by atoms with van der Waals surface area (Å²) < 4.78 is 29.1. The molecular formula is C20H20Cl2N2O3S. The minimum atomic E-state index is -3.70. The Morgan fingerprint density at radius 3 is 2.54 bits per heavy atom. The molecule has 1 fully saturated rings. The van der Waals surface area contributed by atoms with Crippen molar-refractivity contribution in [3.63, 3.8) is 0 Å². The molecule has 1 saturated carbocycles. The first kappa shape index (κ1) is 19.7. The van der Waals surface area contributed by atoms with E-state index in [9.17, 15) is 13.2 Å². The standard InChI is InChI=1S/C20H20Cl2N2O3S/c21-15-4-2-14(17(22)11-15)12-20(8-1-9-20)24-28(26,27)16-5-6-18-13(10-16)3-7-19(25)23-18/h2,4-6,10-11,24H,1,3,7-9,12H2,(H,23,25). The predicted molar refractivity (Wildman–Crippen MR) is 110 cm³/mol. The SMILES string of the molecule is O=C1CCc2cc(S(=O)(=O)NC3(Cc4ccc(Cl)cc4Cl)CCC3)ccc2N1. The van der Waals surface area contributed by atoms with E-state index in [1.54, 1.807) is 24.3 Å². The monoisotopic (exact) mass is 438 g/mol. The first-order valence-corrected chi connectivity index (χ1v) is 11.4. The van der Waals surface area contributed by atoms with Crippen LogP contribution < -0.4 is 10.0 Å². The number of nitrogens with one attached hydrogen (secondary N) is 2. The quantitative estimate of drug-likeness (QED) is 0.729. The lowest BCUT2D eigenvalue weighted by molar-refractivity contribution is -0.116. The van der Waals surface area contributed by atoms with E-state index in [0.29, 0.717) is 35.0 Å². The first-order valence-electron chi connectivity index (χ1n) is 9.17. The Morgan fingerprint density at radius 2 is 1.86 bits per heavy atom. The van der Waals surface area contributed by atoms with Gasteiger partial charge in [-0.3, -0.25) is 4.79 Å². The van der Waals surface area contributed by atoms with E-state index in [-0.39, 0.29) is 10.8 Å². The highest BCUT2D eigenvalue weighted by atomic mass is 35.5. The Bertz CT molecular complexity index is 1050. The second kappa shape index (κ2) is 7.34. The van der Waals surface area contributed by atoms with Crippen LogP contribution in [0.1, 0.15) is 36.8 Å². The average Bonchev–Trinajstić information content (AvgIpc) is 2.61. The van der Waals surface area contributed by atoms with Crippen molar-refractivity contribution >= 4 is 44.8 Å². The number of hydrogen-bond acceptors (Lipinski definition) is 3. The van der Waals surface area contributed by atoms with Crippen molar-refractivity contribution < 1.29 is 13.2 Å². The van der Waals surface area contributed by atoms with Gasteiger partial charge in [-0.05, 0) is 73.6 Å². The summed E-state index contributed by atoms with van der Waals surface area (Å²) >= 11 is 12.3. The molecule has 0 spiro atoms. The van der Waals surface area contributed by atoms with Crippen LogP contribution in [0.25, 0.3) is 0 Å². The molecule has 8 heteroatoms. The van der Waals surface area contributed by atoms with Gasteiger partial charge in [-0.25, -0.2) is 13.1 Å². The molecule has 2 aromatic carbocycles. The zero-order valence-corrected chi connectivity index (χ0v) is 17.4. The maximum absolute atomic E-state index is 13.1. The number of aryl methyl sites for hydroxylation is 1. The number of anilines is 1. The molecule has 28 heavy (non-hydrogen) atoms. The summed E-state index contributed by atoms with van der Waals surface area (Å²) in [4.78, 5) is 11.7. The molecule has 1 amide bonds. The normalized spacial score (nSPS) is 18.1. The highest BCUT2D eigenvalue weighted by Crippen LogP contribution is 2.38. The van der Waals surface area contributed by atoms with Gasteiger partial charge >= 0.3 is 0 Å². The molecule has 2 N–H and O–H groups in total. The Labute approximate surface area is 174 Å². The lowest BCUT2D eigenvalue weighted by Crippen LogP contribution is -2.54. The summed E-state index contributed by atoms with van der Waals surface area (Å²) in [5.74, 6) is -0.0468. The van der Waals surface area contributed by atoms with E-state index in [0.717, 1.165) is 30.4 Å². The van der Waals surface area contributed by atoms with E-state index in [2.05, 4.69) is 10.0 Å². The fourth-order valence-corrected chi connectivity index (χ4v) is 5.80. The number of rotatable bonds is 5. The van der Waals surface area contributed by atoms with Crippen LogP contribution in [-0.2, 0) is 27.7 Å². The van der Waals surface area contributed by atoms with Crippen molar-refractivity contribution in [2.75, 3.05) is 5.32 Å². The number of carbonyl (C=O) groups excluding carboxylic acids is 1. The fraction of sp³-hybridized carbons (Fsp3) is 0.350. The molecule has 0 atom stereocenters. The smallest absolute Gasteiger partial charge is 0.241 e. The largest absolute Gasteiger partial charge is 0.326 e. The van der Waals surface area contributed by atoms with Crippen LogP contribution in [0.2, 0.25) is 10.0 Å². The van der Waals surface area contributed by atoms with E-state index in [4.69, 9.17) is 23.2 Å². The molecule has 1 heterocycles. The average molecular weight is 439 g/mol. The minimum Gasteiger partial charge on any atom is -0.326 e. The van der Waals surface area contributed by atoms with Crippen molar-refractivity contribution in [1.82, 2.24) is 4.72 Å². The molecule has 148 valence electrons. The zero-order valence-electron chi connectivity index (χ0n) is 15.1. The second-order valence-corrected chi connectivity index (χ2v) is 10.0. The fourth-order valence-electron chi connectivity index (χ4n) is 3.82. The number of benzene rings is 2. The van der Waals surface area contributed by atoms with Crippen molar-refractivity contribution in [1.29, 1.82) is 0 Å². The van der Waals surface area contributed by atoms with Gasteiger partial charge in [-0.2, -0.15) is 0 Å². The maximum Gasteiger partial charge on any atom is 0.241 e. The predicted octanol–water partition coefficient (Wildman–Crippen LogP) is 4.32. The molecular weight excluding hydrogens is 419 g/mol. The number of carbonyl (C=O) groups is 1. The van der Waals surface area contributed by atoms with Crippen LogP contribution in [0.4, 0.5) is 5.69 Å². The number of hydrogen-bond donors (Lipinski definition) is 2. The maximum atomic E-state index is 13.1. The molecule has 0 aromatic heterocycles. The lowest BCUT2D eigenvalue weighted by Gasteiger charge is -2.42. The van der Waals surface area contributed by atoms with Crippen molar-refractivity contribution in [3.8, 4) is 0 Å². The Kier molecular flexibility index (Phi) is 5.16. The van der Waals surface area contributed by atoms with Crippen LogP contribution in [0.15, 0.2) is 41.3 Å². The number of halogens is 2. The van der Waals surface area contributed by atoms with E-state index >= 15 is 0 Å². The molecule has 1 aliphatic heterocycles. The molecule has 2 aromatic rings. The first-order chi connectivity index (χ1) is 13.3. The van der Waals surface area contributed by atoms with Gasteiger partial charge in [0.1, 0.15) is 0 Å². The number of fused-ring (bicyclic) bond motifs is 1. The van der Waals surface area contributed by atoms with Gasteiger partial charge in [0.25, 0.3) is 0 Å². The summed E-state index contributed by atoms with van der Waals surface area (Å²) in [7, 11) is -3.70. The summed E-state index contributed by atoms with van der Waals surface area (Å²) in [6.07, 6.45) is 3.89. The third kappa shape index (κ3) is 3.92. The van der Waals surface area contributed by atoms with Gasteiger partial charge in [0.05, 0.1) is 4.90 Å². The summed E-state index contributed by atoms with van der Waals surface area (Å²) in [6, 6.07) is 10.1. The van der Waals surface area contributed by atoms with Gasteiger partial charge in [0.2, 0.25) is 15.9 Å². The van der Waals surface area contributed by atoms with Crippen LogP contribution in [0, 0.1) is 0 Å². The van der Waals surface area contributed by atoms with Gasteiger partial charge in [0.15, 0.2) is 0 Å². The Morgan fingerprint density at radius 1 is 1.07 bits per heavy atom. The van der Waals surface area contributed by atoms with Gasteiger partial charge in [-0.15, -0.1) is 0 Å². The molecule has 0 saturated heterocycles. The highest BCUT2D eigenvalue weighted by molar-refractivity contribution is 7.89. The third-order valence-electron chi connectivity index (χ3n) is 5.49. The molecule has 0 unspecified atom stereocenters. The molecule has 1 aliphatic carbocycles. The van der Waals surface area contributed by atoms with Crippen LogP contribution in [-0.4, -0.2) is 19.9 Å². The molecule has 5 nitrogen and oxygen atoms in total. The van der Waals surface area contributed by atoms with E-state index in [1.807, 2.05) is 6.07 Å². The summed E-state index contributed by atoms with van der Waals surface area (Å²) in [6.45, 7) is 0. The second-order valence-electron chi connectivity index (χ2n) is 7.52. The lowest BCUT2D eigenvalue weighted by atomic mass is 9.74. The summed E-state index contributed by atoms with van der Waals surface area (Å²) in [5, 5.41) is 3.87. The molecule has 2 aliphatic rings. The van der Waals surface area contributed by atoms with Crippen LogP contribution in [0.3, 0.4) is 0 Å². The van der Waals surface area contributed by atoms with Gasteiger partial charge in [-0.1, -0.05) is 29.3 Å². The molecule has 0 radical (unpaired) electrons. The Hall–Kier alpha value is -1.60. The van der Waals surface area contributed by atoms with Crippen molar-refractivity contribution in [3.05, 3.63) is 57.6 Å². The van der Waals surface area contributed by atoms with Crippen molar-refractivity contribution in [2.24, 2.45) is 0 Å².